The van der Waals surface area contributed by atoms with Gasteiger partial charge in [0.2, 0.25) is 11.8 Å². The predicted octanol–water partition coefficient (Wildman–Crippen LogP) is 1.17. The Balaban J connectivity index is 1.22. The van der Waals surface area contributed by atoms with Gasteiger partial charge in [-0.15, -0.1) is 0 Å². The molecule has 180 valence electrons. The molecule has 4 rings (SSSR count). The lowest BCUT2D eigenvalue weighted by Crippen LogP contribution is -2.53. The summed E-state index contributed by atoms with van der Waals surface area (Å²) in [6, 6.07) is 12.9. The van der Waals surface area contributed by atoms with Crippen molar-refractivity contribution in [3.05, 3.63) is 53.6 Å². The second-order valence-corrected chi connectivity index (χ2v) is 8.33. The van der Waals surface area contributed by atoms with Crippen LogP contribution in [0.5, 0.6) is 11.5 Å². The number of nitrogens with one attached hydrogen (secondary N) is 1. The van der Waals surface area contributed by atoms with Gasteiger partial charge in [0, 0.05) is 44.0 Å². The molecule has 0 aliphatic carbocycles. The number of rotatable bonds is 7. The van der Waals surface area contributed by atoms with Gasteiger partial charge in [0.1, 0.15) is 0 Å². The van der Waals surface area contributed by atoms with Gasteiger partial charge in [-0.1, -0.05) is 18.2 Å². The van der Waals surface area contributed by atoms with Crippen molar-refractivity contribution in [1.82, 2.24) is 15.1 Å². The van der Waals surface area contributed by atoms with E-state index in [9.17, 15) is 14.4 Å². The average molecular weight is 467 g/mol. The van der Waals surface area contributed by atoms with Crippen molar-refractivity contribution in [2.75, 3.05) is 64.9 Å². The maximum Gasteiger partial charge on any atom is 0.251 e. The molecule has 0 spiro atoms. The standard InChI is InChI=1S/C25H30N4O5/c1-33-21-8-7-19(15-22(21)34-2)25(32)26-16-23(30)28-13-11-27(12-14-28)17-24(31)29-10-9-18-5-3-4-6-20(18)29/h3-8,15H,9-14,16-17H2,1-2H3,(H,26,32). The van der Waals surface area contributed by atoms with Crippen LogP contribution < -0.4 is 19.7 Å². The summed E-state index contributed by atoms with van der Waals surface area (Å²) < 4.78 is 10.4. The topological polar surface area (TPSA) is 91.4 Å². The highest BCUT2D eigenvalue weighted by Crippen LogP contribution is 2.28. The first-order chi connectivity index (χ1) is 16.5. The van der Waals surface area contributed by atoms with Crippen molar-refractivity contribution < 1.29 is 23.9 Å². The van der Waals surface area contributed by atoms with E-state index in [1.807, 2.05) is 23.1 Å². The molecule has 0 unspecified atom stereocenters. The summed E-state index contributed by atoms with van der Waals surface area (Å²) in [5.74, 6) is 0.564. The number of fused-ring (bicyclic) bond motifs is 1. The average Bonchev–Trinajstić information content (AvgIpc) is 3.31. The van der Waals surface area contributed by atoms with Crippen molar-refractivity contribution in [3.63, 3.8) is 0 Å². The lowest BCUT2D eigenvalue weighted by Gasteiger charge is -2.35. The lowest BCUT2D eigenvalue weighted by molar-refractivity contribution is -0.132. The largest absolute Gasteiger partial charge is 0.493 e. The fourth-order valence-electron chi connectivity index (χ4n) is 4.38. The minimum atomic E-state index is -0.357. The smallest absolute Gasteiger partial charge is 0.251 e. The van der Waals surface area contributed by atoms with E-state index in [-0.39, 0.29) is 24.3 Å². The Morgan fingerprint density at radius 1 is 0.882 bits per heavy atom. The first-order valence-electron chi connectivity index (χ1n) is 11.4. The molecule has 1 fully saturated rings. The van der Waals surface area contributed by atoms with Crippen LogP contribution in [0.1, 0.15) is 15.9 Å². The van der Waals surface area contributed by atoms with Gasteiger partial charge in [0.25, 0.3) is 5.91 Å². The van der Waals surface area contributed by atoms with Gasteiger partial charge < -0.3 is 24.6 Å². The second-order valence-electron chi connectivity index (χ2n) is 8.33. The van der Waals surface area contributed by atoms with Gasteiger partial charge in [-0.2, -0.15) is 0 Å². The number of hydrogen-bond donors (Lipinski definition) is 1. The minimum Gasteiger partial charge on any atom is -0.493 e. The van der Waals surface area contributed by atoms with Gasteiger partial charge in [0.05, 0.1) is 27.3 Å². The van der Waals surface area contributed by atoms with E-state index in [4.69, 9.17) is 9.47 Å². The molecule has 2 aromatic rings. The highest BCUT2D eigenvalue weighted by atomic mass is 16.5. The third-order valence-electron chi connectivity index (χ3n) is 6.32. The van der Waals surface area contributed by atoms with Crippen LogP contribution in [0.2, 0.25) is 0 Å². The Hall–Kier alpha value is -3.59. The summed E-state index contributed by atoms with van der Waals surface area (Å²) in [6.45, 7) is 3.26. The molecule has 9 heteroatoms. The van der Waals surface area contributed by atoms with Gasteiger partial charge in [0.15, 0.2) is 11.5 Å². The van der Waals surface area contributed by atoms with Crippen molar-refractivity contribution in [2.24, 2.45) is 0 Å². The van der Waals surface area contributed by atoms with E-state index in [0.717, 1.165) is 18.7 Å². The number of benzene rings is 2. The molecule has 0 atom stereocenters. The molecular formula is C25H30N4O5. The number of carbonyl (C=O) groups is 3. The van der Waals surface area contributed by atoms with Crippen molar-refractivity contribution in [2.45, 2.75) is 6.42 Å². The van der Waals surface area contributed by atoms with Crippen LogP contribution in [0, 0.1) is 0 Å². The molecule has 34 heavy (non-hydrogen) atoms. The third kappa shape index (κ3) is 5.14. The van der Waals surface area contributed by atoms with Crippen LogP contribution in [0.15, 0.2) is 42.5 Å². The molecule has 0 aromatic heterocycles. The van der Waals surface area contributed by atoms with E-state index in [2.05, 4.69) is 16.3 Å². The number of ether oxygens (including phenoxy) is 2. The van der Waals surface area contributed by atoms with Crippen molar-refractivity contribution in [3.8, 4) is 11.5 Å². The van der Waals surface area contributed by atoms with E-state index in [1.165, 1.54) is 19.8 Å². The van der Waals surface area contributed by atoms with Crippen LogP contribution in [-0.2, 0) is 16.0 Å². The Morgan fingerprint density at radius 2 is 1.62 bits per heavy atom. The zero-order chi connectivity index (χ0) is 24.1. The first-order valence-corrected chi connectivity index (χ1v) is 11.4. The van der Waals surface area contributed by atoms with Crippen molar-refractivity contribution in [1.29, 1.82) is 0 Å². The Labute approximate surface area is 199 Å². The van der Waals surface area contributed by atoms with E-state index in [1.54, 1.807) is 23.1 Å². The SMILES string of the molecule is COc1ccc(C(=O)NCC(=O)N2CCN(CC(=O)N3CCc4ccccc43)CC2)cc1OC. The number of para-hydroxylation sites is 1. The maximum absolute atomic E-state index is 12.8. The number of nitrogens with zero attached hydrogens (tertiary/aromatic N) is 3. The second kappa shape index (κ2) is 10.6. The normalized spacial score (nSPS) is 15.6. The molecular weight excluding hydrogens is 436 g/mol. The Bertz CT molecular complexity index is 1070. The van der Waals surface area contributed by atoms with Crippen LogP contribution >= 0.6 is 0 Å². The molecule has 2 heterocycles. The number of anilines is 1. The first kappa shape index (κ1) is 23.6. The summed E-state index contributed by atoms with van der Waals surface area (Å²) in [7, 11) is 3.03. The number of carbonyl (C=O) groups excluding carboxylic acids is 3. The summed E-state index contributed by atoms with van der Waals surface area (Å²) >= 11 is 0. The highest BCUT2D eigenvalue weighted by molar-refractivity contribution is 5.97. The van der Waals surface area contributed by atoms with Crippen LogP contribution in [0.3, 0.4) is 0 Å². The zero-order valence-corrected chi connectivity index (χ0v) is 19.6. The maximum atomic E-state index is 12.8. The molecule has 0 radical (unpaired) electrons. The molecule has 2 aromatic carbocycles. The lowest BCUT2D eigenvalue weighted by atomic mass is 10.2. The van der Waals surface area contributed by atoms with Crippen LogP contribution in [0.25, 0.3) is 0 Å². The van der Waals surface area contributed by atoms with Crippen LogP contribution in [-0.4, -0.2) is 87.6 Å². The number of methoxy groups -OCH3 is 2. The van der Waals surface area contributed by atoms with E-state index >= 15 is 0 Å². The minimum absolute atomic E-state index is 0.0866. The number of hydrogen-bond acceptors (Lipinski definition) is 6. The fourth-order valence-corrected chi connectivity index (χ4v) is 4.38. The monoisotopic (exact) mass is 466 g/mol. The molecule has 0 saturated carbocycles. The Kier molecular flexibility index (Phi) is 7.32. The van der Waals surface area contributed by atoms with Gasteiger partial charge in [-0.3, -0.25) is 19.3 Å². The zero-order valence-electron chi connectivity index (χ0n) is 19.6. The molecule has 2 aliphatic rings. The number of amides is 3. The molecule has 0 bridgehead atoms. The van der Waals surface area contributed by atoms with Crippen LogP contribution in [0.4, 0.5) is 5.69 Å². The quantitative estimate of drug-likeness (QED) is 0.659. The van der Waals surface area contributed by atoms with E-state index in [0.29, 0.717) is 49.8 Å². The van der Waals surface area contributed by atoms with Gasteiger partial charge in [-0.25, -0.2) is 0 Å². The molecule has 1 saturated heterocycles. The predicted molar refractivity (Wildman–Crippen MR) is 127 cm³/mol. The molecule has 1 N–H and O–H groups in total. The third-order valence-corrected chi connectivity index (χ3v) is 6.32. The van der Waals surface area contributed by atoms with E-state index < -0.39 is 0 Å². The summed E-state index contributed by atoms with van der Waals surface area (Å²) in [6.07, 6.45) is 0.888. The fraction of sp³-hybridized carbons (Fsp3) is 0.400. The van der Waals surface area contributed by atoms with Crippen molar-refractivity contribution >= 4 is 23.4 Å². The summed E-state index contributed by atoms with van der Waals surface area (Å²) in [5.41, 5.74) is 2.60. The molecule has 2 aliphatic heterocycles. The van der Waals surface area contributed by atoms with Gasteiger partial charge >= 0.3 is 0 Å². The van der Waals surface area contributed by atoms with Gasteiger partial charge in [-0.05, 0) is 36.2 Å². The highest BCUT2D eigenvalue weighted by Gasteiger charge is 2.28. The Morgan fingerprint density at radius 3 is 2.35 bits per heavy atom. The number of piperazine rings is 1. The summed E-state index contributed by atoms with van der Waals surface area (Å²) in [4.78, 5) is 43.6. The summed E-state index contributed by atoms with van der Waals surface area (Å²) in [5, 5.41) is 2.67. The molecule has 9 nitrogen and oxygen atoms in total. The molecule has 3 amide bonds.